The van der Waals surface area contributed by atoms with E-state index >= 15 is 0 Å². The zero-order chi connectivity index (χ0) is 42.6. The molecule has 12 aromatic rings. The van der Waals surface area contributed by atoms with Crippen LogP contribution in [0.2, 0.25) is 0 Å². The fraction of sp³-hybridized carbons (Fsp3) is 0. The van der Waals surface area contributed by atoms with E-state index in [0.29, 0.717) is 5.69 Å². The second-order valence-corrected chi connectivity index (χ2v) is 16.1. The molecular formula is C60H38N4. The van der Waals surface area contributed by atoms with Gasteiger partial charge in [0.15, 0.2) is 5.69 Å². The van der Waals surface area contributed by atoms with Crippen molar-refractivity contribution in [1.29, 1.82) is 0 Å². The quantitative estimate of drug-likeness (QED) is 0.147. The Morgan fingerprint density at radius 1 is 0.328 bits per heavy atom. The van der Waals surface area contributed by atoms with Gasteiger partial charge in [0.05, 0.1) is 40.0 Å². The van der Waals surface area contributed by atoms with Crippen molar-refractivity contribution in [1.82, 2.24) is 14.1 Å². The second-order valence-electron chi connectivity index (χ2n) is 16.1. The van der Waals surface area contributed by atoms with Crippen LogP contribution < -0.4 is 0 Å². The minimum Gasteiger partial charge on any atom is -0.308 e. The van der Waals surface area contributed by atoms with Crippen LogP contribution in [0, 0.1) is 6.57 Å². The van der Waals surface area contributed by atoms with Gasteiger partial charge in [-0.1, -0.05) is 170 Å². The van der Waals surface area contributed by atoms with Gasteiger partial charge < -0.3 is 9.13 Å². The lowest BCUT2D eigenvalue weighted by molar-refractivity contribution is 1.10. The molecule has 64 heavy (non-hydrogen) atoms. The van der Waals surface area contributed by atoms with Gasteiger partial charge in [-0.2, -0.15) is 0 Å². The minimum atomic E-state index is 0.569. The average molecular weight is 815 g/mol. The molecule has 0 spiro atoms. The van der Waals surface area contributed by atoms with Crippen LogP contribution in [0.5, 0.6) is 0 Å². The molecule has 0 unspecified atom stereocenters. The molecule has 9 aromatic carbocycles. The molecule has 0 bridgehead atoms. The summed E-state index contributed by atoms with van der Waals surface area (Å²) in [5.41, 5.74) is 17.9. The monoisotopic (exact) mass is 814 g/mol. The largest absolute Gasteiger partial charge is 0.308 e. The molecular weight excluding hydrogens is 777 g/mol. The number of pyridine rings is 1. The first kappa shape index (κ1) is 37.0. The van der Waals surface area contributed by atoms with Crippen LogP contribution in [-0.2, 0) is 0 Å². The molecule has 0 atom stereocenters. The molecule has 4 heteroatoms. The van der Waals surface area contributed by atoms with E-state index in [1.807, 2.05) is 12.1 Å². The Kier molecular flexibility index (Phi) is 8.84. The molecule has 0 saturated carbocycles. The van der Waals surface area contributed by atoms with Crippen molar-refractivity contribution in [3.05, 3.63) is 242 Å². The Bertz CT molecular complexity index is 3780. The molecule has 298 valence electrons. The predicted molar refractivity (Wildman–Crippen MR) is 266 cm³/mol. The summed E-state index contributed by atoms with van der Waals surface area (Å²) >= 11 is 0. The number of aromatic nitrogens is 3. The van der Waals surface area contributed by atoms with Gasteiger partial charge in [0.25, 0.3) is 0 Å². The first-order chi connectivity index (χ1) is 31.8. The first-order valence-electron chi connectivity index (χ1n) is 21.6. The Hall–Kier alpha value is -8.78. The number of rotatable bonds is 7. The molecule has 4 nitrogen and oxygen atoms in total. The van der Waals surface area contributed by atoms with Gasteiger partial charge in [0.1, 0.15) is 0 Å². The molecule has 12 rings (SSSR count). The normalized spacial score (nSPS) is 11.4. The fourth-order valence-electron chi connectivity index (χ4n) is 9.96. The molecule has 0 aliphatic heterocycles. The summed E-state index contributed by atoms with van der Waals surface area (Å²) in [5.74, 6) is 0. The van der Waals surface area contributed by atoms with Crippen LogP contribution in [0.15, 0.2) is 231 Å². The summed E-state index contributed by atoms with van der Waals surface area (Å²) in [6.45, 7) is 8.65. The van der Waals surface area contributed by atoms with E-state index in [0.717, 1.165) is 66.3 Å². The topological polar surface area (TPSA) is 27.1 Å². The van der Waals surface area contributed by atoms with E-state index in [1.54, 1.807) is 12.4 Å². The third-order valence-corrected chi connectivity index (χ3v) is 12.7. The number of hydrogen-bond donors (Lipinski definition) is 0. The minimum absolute atomic E-state index is 0.569. The average Bonchev–Trinajstić information content (AvgIpc) is 3.90. The highest BCUT2D eigenvalue weighted by Crippen LogP contribution is 2.47. The fourth-order valence-corrected chi connectivity index (χ4v) is 9.96. The number of fused-ring (bicyclic) bond motifs is 6. The molecule has 3 heterocycles. The Morgan fingerprint density at radius 2 is 0.719 bits per heavy atom. The highest BCUT2D eigenvalue weighted by Gasteiger charge is 2.25. The van der Waals surface area contributed by atoms with Crippen LogP contribution >= 0.6 is 0 Å². The zero-order valence-corrected chi connectivity index (χ0v) is 34.7. The first-order valence-corrected chi connectivity index (χ1v) is 21.6. The predicted octanol–water partition coefficient (Wildman–Crippen LogP) is 16.2. The van der Waals surface area contributed by atoms with Crippen molar-refractivity contribution in [3.63, 3.8) is 0 Å². The molecule has 0 aliphatic carbocycles. The van der Waals surface area contributed by atoms with E-state index in [9.17, 15) is 0 Å². The van der Waals surface area contributed by atoms with Crippen LogP contribution in [0.3, 0.4) is 0 Å². The van der Waals surface area contributed by atoms with Gasteiger partial charge in [-0.05, 0) is 104 Å². The zero-order valence-electron chi connectivity index (χ0n) is 34.7. The Morgan fingerprint density at radius 3 is 1.22 bits per heavy atom. The summed E-state index contributed by atoms with van der Waals surface area (Å²) in [6.07, 6.45) is 3.60. The van der Waals surface area contributed by atoms with Gasteiger partial charge in [0.2, 0.25) is 0 Å². The summed E-state index contributed by atoms with van der Waals surface area (Å²) in [7, 11) is 0. The molecule has 0 fully saturated rings. The molecule has 0 saturated heterocycles. The van der Waals surface area contributed by atoms with Gasteiger partial charge >= 0.3 is 0 Å². The standard InChI is InChI=1S/C60H38N4/c1-61-52-39-58(64-54-31-15-13-27-50(54)60-48(29-17-33-56(60)64)46-25-11-9-23-44(46)41-20-6-3-7-21-41)57(38-51(52)42-34-36-62-37-35-42)63-53-30-14-12-26-49(53)59-47(28-16-32-55(59)63)45-24-10-8-22-43(45)40-18-4-2-5-19-40/h2-39H. The van der Waals surface area contributed by atoms with Crippen molar-refractivity contribution in [2.45, 2.75) is 0 Å². The molecule has 0 N–H and O–H groups in total. The Balaban J connectivity index is 1.20. The third-order valence-electron chi connectivity index (χ3n) is 12.7. The smallest absolute Gasteiger partial charge is 0.197 e. The maximum absolute atomic E-state index is 8.65. The molecule has 0 radical (unpaired) electrons. The summed E-state index contributed by atoms with van der Waals surface area (Å²) in [5, 5.41) is 4.64. The van der Waals surface area contributed by atoms with Crippen LogP contribution in [-0.4, -0.2) is 14.1 Å². The van der Waals surface area contributed by atoms with Gasteiger partial charge in [0, 0.05) is 33.9 Å². The van der Waals surface area contributed by atoms with Gasteiger partial charge in [-0.25, -0.2) is 4.85 Å². The number of benzene rings is 9. The van der Waals surface area contributed by atoms with Crippen molar-refractivity contribution in [2.75, 3.05) is 0 Å². The number of nitrogens with zero attached hydrogens (tertiary/aromatic N) is 4. The lowest BCUT2D eigenvalue weighted by Gasteiger charge is -2.20. The third kappa shape index (κ3) is 5.87. The maximum Gasteiger partial charge on any atom is 0.197 e. The SMILES string of the molecule is [C-]#[N+]c1cc(-n2c3ccccc3c3c(-c4ccccc4-c4ccccc4)cccc32)c(-n2c3ccccc3c3c(-c4ccccc4-c4ccccc4)cccc32)cc1-c1ccncc1. The van der Waals surface area contributed by atoms with Crippen molar-refractivity contribution in [2.24, 2.45) is 0 Å². The molecule has 0 aliphatic rings. The van der Waals surface area contributed by atoms with Crippen LogP contribution in [0.1, 0.15) is 0 Å². The van der Waals surface area contributed by atoms with Crippen molar-refractivity contribution < 1.29 is 0 Å². The highest BCUT2D eigenvalue weighted by atomic mass is 15.1. The van der Waals surface area contributed by atoms with Gasteiger partial charge in [-0.15, -0.1) is 0 Å². The number of hydrogen-bond acceptors (Lipinski definition) is 1. The van der Waals surface area contributed by atoms with Crippen molar-refractivity contribution >= 4 is 49.3 Å². The maximum atomic E-state index is 8.65. The summed E-state index contributed by atoms with van der Waals surface area (Å²) < 4.78 is 4.80. The summed E-state index contributed by atoms with van der Waals surface area (Å²) in [6, 6.07) is 77.8. The van der Waals surface area contributed by atoms with Crippen molar-refractivity contribution in [3.8, 4) is 67.0 Å². The van der Waals surface area contributed by atoms with E-state index in [1.165, 1.54) is 44.3 Å². The van der Waals surface area contributed by atoms with Crippen LogP contribution in [0.4, 0.5) is 5.69 Å². The summed E-state index contributed by atoms with van der Waals surface area (Å²) in [4.78, 5) is 8.58. The number of para-hydroxylation sites is 2. The molecule has 0 amide bonds. The van der Waals surface area contributed by atoms with E-state index in [4.69, 9.17) is 6.57 Å². The van der Waals surface area contributed by atoms with Crippen LogP contribution in [0.25, 0.3) is 115 Å². The van der Waals surface area contributed by atoms with E-state index in [2.05, 4.69) is 225 Å². The van der Waals surface area contributed by atoms with E-state index < -0.39 is 0 Å². The second kappa shape index (κ2) is 15.3. The lowest BCUT2D eigenvalue weighted by Crippen LogP contribution is -2.04. The lowest BCUT2D eigenvalue weighted by atomic mass is 9.92. The Labute approximate surface area is 371 Å². The molecule has 3 aromatic heterocycles. The highest BCUT2D eigenvalue weighted by molar-refractivity contribution is 6.19. The van der Waals surface area contributed by atoms with E-state index in [-0.39, 0.29) is 0 Å². The van der Waals surface area contributed by atoms with Gasteiger partial charge in [-0.3, -0.25) is 4.98 Å².